The number of hydrogen-bond donors (Lipinski definition) is 0. The van der Waals surface area contributed by atoms with Gasteiger partial charge in [0.25, 0.3) is 0 Å². The monoisotopic (exact) mass is 166 g/mol. The summed E-state index contributed by atoms with van der Waals surface area (Å²) in [4.78, 5) is 0. The van der Waals surface area contributed by atoms with Gasteiger partial charge in [-0.3, -0.25) is 0 Å². The third-order valence-electron chi connectivity index (χ3n) is 1.68. The van der Waals surface area contributed by atoms with Gasteiger partial charge in [0, 0.05) is 37.7 Å². The Labute approximate surface area is 91.2 Å². The molecule has 0 aromatic rings. The predicted octanol–water partition coefficient (Wildman–Crippen LogP) is 2.97. The molecule has 1 rings (SSSR count). The van der Waals surface area contributed by atoms with Crippen molar-refractivity contribution in [2.75, 3.05) is 0 Å². The Hall–Kier alpha value is 0.670. The van der Waals surface area contributed by atoms with Gasteiger partial charge < -0.3 is 0 Å². The van der Waals surface area contributed by atoms with Crippen molar-refractivity contribution in [2.45, 2.75) is 26.7 Å². The maximum atomic E-state index is 12.6. The minimum absolute atomic E-state index is 0. The second-order valence-electron chi connectivity index (χ2n) is 2.62. The first-order valence-corrected chi connectivity index (χ1v) is 3.22. The van der Waals surface area contributed by atoms with Crippen LogP contribution in [0.4, 0.5) is 4.39 Å². The van der Waals surface area contributed by atoms with Crippen LogP contribution < -0.4 is 0 Å². The summed E-state index contributed by atoms with van der Waals surface area (Å²) in [7, 11) is 0. The molecular formula is C8H11ArF. The Morgan fingerprint density at radius 1 is 1.30 bits per heavy atom. The predicted molar refractivity (Wildman–Crippen MR) is 36.8 cm³/mol. The summed E-state index contributed by atoms with van der Waals surface area (Å²) in [6, 6.07) is 0. The molecule has 58 valence electrons. The zero-order valence-corrected chi connectivity index (χ0v) is 6.93. The van der Waals surface area contributed by atoms with Crippen molar-refractivity contribution < 1.29 is 42.1 Å². The van der Waals surface area contributed by atoms with E-state index in [9.17, 15) is 4.39 Å². The fraction of sp³-hybridized carbons (Fsp3) is 0.500. The molecule has 0 radical (unpaired) electrons. The number of halogens is 1. The molecule has 0 nitrogen and oxygen atoms in total. The Morgan fingerprint density at radius 3 is 2.30 bits per heavy atom. The van der Waals surface area contributed by atoms with Crippen LogP contribution in [0.3, 0.4) is 0 Å². The molecule has 0 fully saturated rings. The zero-order valence-electron chi connectivity index (χ0n) is 6.22. The molecule has 0 unspecified atom stereocenters. The number of allylic oxidation sites excluding steroid dienone is 4. The van der Waals surface area contributed by atoms with Crippen LogP contribution in [0.2, 0.25) is 0 Å². The quantitative estimate of drug-likeness (QED) is 0.519. The first-order valence-electron chi connectivity index (χ1n) is 3.22. The molecule has 0 N–H and O–H groups in total. The Bertz CT molecular complexity index is 180. The molecule has 0 aromatic carbocycles. The van der Waals surface area contributed by atoms with Crippen molar-refractivity contribution in [1.29, 1.82) is 0 Å². The van der Waals surface area contributed by atoms with Gasteiger partial charge in [0.1, 0.15) is 5.83 Å². The summed E-state index contributed by atoms with van der Waals surface area (Å²) in [6.07, 6.45) is 3.55. The van der Waals surface area contributed by atoms with Crippen molar-refractivity contribution in [1.82, 2.24) is 0 Å². The van der Waals surface area contributed by atoms with Crippen LogP contribution in [-0.2, 0) is 0 Å². The summed E-state index contributed by atoms with van der Waals surface area (Å²) in [5, 5.41) is 0. The Morgan fingerprint density at radius 2 is 1.90 bits per heavy atom. The van der Waals surface area contributed by atoms with Crippen LogP contribution in [0.25, 0.3) is 0 Å². The van der Waals surface area contributed by atoms with Crippen molar-refractivity contribution >= 4 is 0 Å². The molecule has 2 heteroatoms. The minimum Gasteiger partial charge on any atom is -0.207 e. The van der Waals surface area contributed by atoms with Crippen molar-refractivity contribution in [3.05, 3.63) is 23.0 Å². The number of hydrogen-bond acceptors (Lipinski definition) is 0. The summed E-state index contributed by atoms with van der Waals surface area (Å²) in [6.45, 7) is 3.81. The van der Waals surface area contributed by atoms with Gasteiger partial charge in [-0.2, -0.15) is 0 Å². The topological polar surface area (TPSA) is 0 Å². The SMILES string of the molecule is CC1=CC(F)=C(C)CC1.[Ar]. The van der Waals surface area contributed by atoms with E-state index in [-0.39, 0.29) is 43.6 Å². The third kappa shape index (κ3) is 2.73. The van der Waals surface area contributed by atoms with Crippen molar-refractivity contribution in [3.63, 3.8) is 0 Å². The molecule has 1 aliphatic carbocycles. The first-order chi connectivity index (χ1) is 4.20. The third-order valence-corrected chi connectivity index (χ3v) is 1.68. The molecule has 0 amide bonds. The van der Waals surface area contributed by atoms with E-state index in [0.29, 0.717) is 0 Å². The normalized spacial score (nSPS) is 18.1. The van der Waals surface area contributed by atoms with Gasteiger partial charge in [0.2, 0.25) is 0 Å². The van der Waals surface area contributed by atoms with Crippen LogP contribution >= 0.6 is 0 Å². The van der Waals surface area contributed by atoms with E-state index in [1.807, 2.05) is 13.8 Å². The summed E-state index contributed by atoms with van der Waals surface area (Å²) in [5.41, 5.74) is 2.04. The van der Waals surface area contributed by atoms with Crippen LogP contribution in [0.5, 0.6) is 0 Å². The molecule has 0 saturated carbocycles. The van der Waals surface area contributed by atoms with E-state index in [1.165, 1.54) is 0 Å². The van der Waals surface area contributed by atoms with E-state index >= 15 is 0 Å². The summed E-state index contributed by atoms with van der Waals surface area (Å²) >= 11 is 0. The molecule has 0 spiro atoms. The summed E-state index contributed by atoms with van der Waals surface area (Å²) < 4.78 is 12.6. The second kappa shape index (κ2) is 4.53. The van der Waals surface area contributed by atoms with Crippen LogP contribution in [-0.4, -0.2) is 0 Å². The average molecular weight is 166 g/mol. The van der Waals surface area contributed by atoms with Crippen molar-refractivity contribution in [3.8, 4) is 0 Å². The molecule has 0 aromatic heterocycles. The standard InChI is InChI=1S/C8H11F.Ar/c1-6-3-4-7(2)8(9)5-6;/h5H,3-4H2,1-2H3;. The molecule has 0 heterocycles. The largest absolute Gasteiger partial charge is 0.207 e. The molecule has 10 heavy (non-hydrogen) atoms. The van der Waals surface area contributed by atoms with Crippen LogP contribution in [0, 0.1) is 37.7 Å². The first kappa shape index (κ1) is 10.7. The van der Waals surface area contributed by atoms with Gasteiger partial charge in [-0.25, -0.2) is 4.39 Å². The maximum Gasteiger partial charge on any atom is 0.122 e. The van der Waals surface area contributed by atoms with Gasteiger partial charge in [-0.05, 0) is 38.3 Å². The van der Waals surface area contributed by atoms with E-state index in [0.717, 1.165) is 24.0 Å². The van der Waals surface area contributed by atoms with E-state index in [2.05, 4.69) is 0 Å². The average Bonchev–Trinajstić information content (AvgIpc) is 1.80. The maximum absolute atomic E-state index is 12.6. The summed E-state index contributed by atoms with van der Waals surface area (Å²) in [5.74, 6) is -0.0289. The van der Waals surface area contributed by atoms with Gasteiger partial charge in [0.15, 0.2) is 0 Å². The van der Waals surface area contributed by atoms with E-state index in [4.69, 9.17) is 0 Å². The smallest absolute Gasteiger partial charge is 0.122 e. The fourth-order valence-electron chi connectivity index (χ4n) is 0.916. The van der Waals surface area contributed by atoms with E-state index in [1.54, 1.807) is 6.08 Å². The number of rotatable bonds is 0. The minimum atomic E-state index is -0.0289. The molecular weight excluding hydrogens is 155 g/mol. The zero-order chi connectivity index (χ0) is 6.85. The molecule has 0 aliphatic heterocycles. The van der Waals surface area contributed by atoms with Gasteiger partial charge >= 0.3 is 0 Å². The molecule has 0 atom stereocenters. The van der Waals surface area contributed by atoms with Crippen LogP contribution in [0.1, 0.15) is 26.7 Å². The second-order valence-corrected chi connectivity index (χ2v) is 2.62. The Kier molecular flexibility index (Phi) is 4.83. The van der Waals surface area contributed by atoms with E-state index < -0.39 is 0 Å². The van der Waals surface area contributed by atoms with Gasteiger partial charge in [-0.15, -0.1) is 0 Å². The molecule has 0 bridgehead atoms. The Balaban J connectivity index is 0.000000810. The fourth-order valence-corrected chi connectivity index (χ4v) is 0.916. The van der Waals surface area contributed by atoms with Gasteiger partial charge in [0.05, 0.1) is 0 Å². The van der Waals surface area contributed by atoms with Gasteiger partial charge in [-0.1, -0.05) is 5.57 Å². The van der Waals surface area contributed by atoms with Crippen molar-refractivity contribution in [2.24, 2.45) is 0 Å². The molecule has 0 saturated heterocycles. The molecule has 1 aliphatic rings. The van der Waals surface area contributed by atoms with Crippen LogP contribution in [0.15, 0.2) is 23.0 Å².